The fourth-order valence-corrected chi connectivity index (χ4v) is 3.08. The van der Waals surface area contributed by atoms with Crippen LogP contribution in [-0.2, 0) is 6.54 Å². The molecule has 0 spiro atoms. The van der Waals surface area contributed by atoms with Gasteiger partial charge in [-0.1, -0.05) is 38.7 Å². The SMILES string of the molecule is CCCCOc1ccc(CNCC2CCCCC2)cc1OC. The van der Waals surface area contributed by atoms with Gasteiger partial charge in [0.05, 0.1) is 13.7 Å². The number of unbranched alkanes of at least 4 members (excludes halogenated alkanes) is 1. The number of benzene rings is 1. The first-order chi connectivity index (χ1) is 10.8. The standard InChI is InChI=1S/C19H31NO2/c1-3-4-12-22-18-11-10-17(13-19(18)21-2)15-20-14-16-8-6-5-7-9-16/h10-11,13,16,20H,3-9,12,14-15H2,1-2H3. The number of rotatable bonds is 9. The largest absolute Gasteiger partial charge is 0.493 e. The summed E-state index contributed by atoms with van der Waals surface area (Å²) in [4.78, 5) is 0. The summed E-state index contributed by atoms with van der Waals surface area (Å²) in [6.45, 7) is 4.97. The van der Waals surface area contributed by atoms with Gasteiger partial charge in [-0.15, -0.1) is 0 Å². The van der Waals surface area contributed by atoms with Crippen molar-refractivity contribution in [1.82, 2.24) is 5.32 Å². The third-order valence-corrected chi connectivity index (χ3v) is 4.47. The van der Waals surface area contributed by atoms with E-state index in [1.807, 2.05) is 6.07 Å². The molecule has 2 rings (SSSR count). The summed E-state index contributed by atoms with van der Waals surface area (Å²) in [5.41, 5.74) is 1.26. The molecule has 0 saturated heterocycles. The minimum atomic E-state index is 0.756. The van der Waals surface area contributed by atoms with Crippen LogP contribution in [0.2, 0.25) is 0 Å². The molecule has 1 aromatic rings. The smallest absolute Gasteiger partial charge is 0.161 e. The lowest BCUT2D eigenvalue weighted by Crippen LogP contribution is -2.24. The first-order valence-electron chi connectivity index (χ1n) is 8.84. The van der Waals surface area contributed by atoms with Gasteiger partial charge in [0, 0.05) is 6.54 Å². The average molecular weight is 305 g/mol. The highest BCUT2D eigenvalue weighted by Gasteiger charge is 2.12. The molecule has 0 aliphatic heterocycles. The highest BCUT2D eigenvalue weighted by molar-refractivity contribution is 5.42. The highest BCUT2D eigenvalue weighted by Crippen LogP contribution is 2.28. The second kappa shape index (κ2) is 9.73. The van der Waals surface area contributed by atoms with Crippen LogP contribution in [-0.4, -0.2) is 20.3 Å². The van der Waals surface area contributed by atoms with Crippen LogP contribution in [0.3, 0.4) is 0 Å². The van der Waals surface area contributed by atoms with Crippen molar-refractivity contribution in [3.8, 4) is 11.5 Å². The molecule has 0 unspecified atom stereocenters. The summed E-state index contributed by atoms with van der Waals surface area (Å²) in [5, 5.41) is 3.60. The molecule has 0 atom stereocenters. The zero-order valence-electron chi connectivity index (χ0n) is 14.2. The zero-order valence-corrected chi connectivity index (χ0v) is 14.2. The highest BCUT2D eigenvalue weighted by atomic mass is 16.5. The molecule has 0 heterocycles. The molecule has 1 saturated carbocycles. The van der Waals surface area contributed by atoms with Gasteiger partial charge in [0.1, 0.15) is 0 Å². The van der Waals surface area contributed by atoms with E-state index in [9.17, 15) is 0 Å². The summed E-state index contributed by atoms with van der Waals surface area (Å²) >= 11 is 0. The molecule has 3 nitrogen and oxygen atoms in total. The number of ether oxygens (including phenoxy) is 2. The second-order valence-electron chi connectivity index (χ2n) is 6.32. The number of methoxy groups -OCH3 is 1. The molecule has 124 valence electrons. The number of hydrogen-bond donors (Lipinski definition) is 1. The Balaban J connectivity index is 1.80. The molecule has 1 aliphatic carbocycles. The van der Waals surface area contributed by atoms with E-state index < -0.39 is 0 Å². The number of nitrogens with one attached hydrogen (secondary N) is 1. The van der Waals surface area contributed by atoms with E-state index in [2.05, 4.69) is 24.4 Å². The van der Waals surface area contributed by atoms with E-state index in [-0.39, 0.29) is 0 Å². The minimum absolute atomic E-state index is 0.756. The van der Waals surface area contributed by atoms with Gasteiger partial charge in [0.25, 0.3) is 0 Å². The van der Waals surface area contributed by atoms with Crippen molar-refractivity contribution >= 4 is 0 Å². The Hall–Kier alpha value is -1.22. The van der Waals surface area contributed by atoms with Crippen LogP contribution < -0.4 is 14.8 Å². The molecular weight excluding hydrogens is 274 g/mol. The molecule has 0 bridgehead atoms. The Labute approximate surface area is 135 Å². The quantitative estimate of drug-likeness (QED) is 0.679. The third kappa shape index (κ3) is 5.53. The van der Waals surface area contributed by atoms with Crippen molar-refractivity contribution in [1.29, 1.82) is 0 Å². The third-order valence-electron chi connectivity index (χ3n) is 4.47. The Bertz CT molecular complexity index is 427. The van der Waals surface area contributed by atoms with Gasteiger partial charge in [-0.3, -0.25) is 0 Å². The van der Waals surface area contributed by atoms with Crippen LogP contribution in [0.1, 0.15) is 57.4 Å². The van der Waals surface area contributed by atoms with Crippen molar-refractivity contribution < 1.29 is 9.47 Å². The fraction of sp³-hybridized carbons (Fsp3) is 0.684. The Morgan fingerprint density at radius 1 is 1.14 bits per heavy atom. The summed E-state index contributed by atoms with van der Waals surface area (Å²) in [7, 11) is 1.71. The van der Waals surface area contributed by atoms with E-state index in [1.54, 1.807) is 7.11 Å². The normalized spacial score (nSPS) is 15.7. The van der Waals surface area contributed by atoms with Gasteiger partial charge in [0.2, 0.25) is 0 Å². The zero-order chi connectivity index (χ0) is 15.6. The molecule has 0 radical (unpaired) electrons. The molecule has 22 heavy (non-hydrogen) atoms. The van der Waals surface area contributed by atoms with Crippen molar-refractivity contribution in [3.63, 3.8) is 0 Å². The molecule has 3 heteroatoms. The lowest BCUT2D eigenvalue weighted by Gasteiger charge is -2.22. The van der Waals surface area contributed by atoms with Gasteiger partial charge in [-0.25, -0.2) is 0 Å². The average Bonchev–Trinajstić information content (AvgIpc) is 2.57. The van der Waals surface area contributed by atoms with Gasteiger partial charge in [-0.05, 0) is 49.4 Å². The van der Waals surface area contributed by atoms with Crippen molar-refractivity contribution in [2.45, 2.75) is 58.4 Å². The maximum Gasteiger partial charge on any atom is 0.161 e. The molecule has 1 N–H and O–H groups in total. The van der Waals surface area contributed by atoms with Crippen LogP contribution >= 0.6 is 0 Å². The molecule has 1 aliphatic rings. The van der Waals surface area contributed by atoms with E-state index >= 15 is 0 Å². The monoisotopic (exact) mass is 305 g/mol. The van der Waals surface area contributed by atoms with Crippen LogP contribution in [0.4, 0.5) is 0 Å². The summed E-state index contributed by atoms with van der Waals surface area (Å²) in [6, 6.07) is 6.26. The Morgan fingerprint density at radius 2 is 1.95 bits per heavy atom. The summed E-state index contributed by atoms with van der Waals surface area (Å²) < 4.78 is 11.2. The van der Waals surface area contributed by atoms with Crippen LogP contribution in [0, 0.1) is 5.92 Å². The Morgan fingerprint density at radius 3 is 2.68 bits per heavy atom. The van der Waals surface area contributed by atoms with Gasteiger partial charge >= 0.3 is 0 Å². The lowest BCUT2D eigenvalue weighted by molar-refractivity contribution is 0.288. The Kier molecular flexibility index (Phi) is 7.58. The predicted octanol–water partition coefficient (Wildman–Crippen LogP) is 4.54. The fourth-order valence-electron chi connectivity index (χ4n) is 3.08. The van der Waals surface area contributed by atoms with Crippen molar-refractivity contribution in [2.75, 3.05) is 20.3 Å². The van der Waals surface area contributed by atoms with E-state index in [0.29, 0.717) is 0 Å². The molecule has 1 aromatic carbocycles. The van der Waals surface area contributed by atoms with E-state index in [4.69, 9.17) is 9.47 Å². The first kappa shape index (κ1) is 17.1. The van der Waals surface area contributed by atoms with Gasteiger partial charge in [0.15, 0.2) is 11.5 Å². The summed E-state index contributed by atoms with van der Waals surface area (Å²) in [5.74, 6) is 2.56. The first-order valence-corrected chi connectivity index (χ1v) is 8.84. The minimum Gasteiger partial charge on any atom is -0.493 e. The second-order valence-corrected chi connectivity index (χ2v) is 6.32. The van der Waals surface area contributed by atoms with E-state index in [0.717, 1.165) is 50.0 Å². The molecule has 1 fully saturated rings. The van der Waals surface area contributed by atoms with Crippen LogP contribution in [0.15, 0.2) is 18.2 Å². The van der Waals surface area contributed by atoms with Crippen LogP contribution in [0.25, 0.3) is 0 Å². The topological polar surface area (TPSA) is 30.5 Å². The van der Waals surface area contributed by atoms with Gasteiger partial charge in [-0.2, -0.15) is 0 Å². The molecular formula is C19H31NO2. The molecule has 0 amide bonds. The predicted molar refractivity (Wildman–Crippen MR) is 91.7 cm³/mol. The number of hydrogen-bond acceptors (Lipinski definition) is 3. The lowest BCUT2D eigenvalue weighted by atomic mass is 9.89. The van der Waals surface area contributed by atoms with Crippen LogP contribution in [0.5, 0.6) is 11.5 Å². The maximum absolute atomic E-state index is 5.78. The molecule has 0 aromatic heterocycles. The van der Waals surface area contributed by atoms with Crippen molar-refractivity contribution in [3.05, 3.63) is 23.8 Å². The van der Waals surface area contributed by atoms with Gasteiger partial charge < -0.3 is 14.8 Å². The van der Waals surface area contributed by atoms with E-state index in [1.165, 1.54) is 37.7 Å². The summed E-state index contributed by atoms with van der Waals surface area (Å²) in [6.07, 6.45) is 9.24. The maximum atomic E-state index is 5.78. The van der Waals surface area contributed by atoms with Crippen molar-refractivity contribution in [2.24, 2.45) is 5.92 Å².